The van der Waals surface area contributed by atoms with E-state index in [-0.39, 0.29) is 11.1 Å². The van der Waals surface area contributed by atoms with Crippen molar-refractivity contribution in [1.82, 2.24) is 9.29 Å². The molecule has 2 heterocycles. The summed E-state index contributed by atoms with van der Waals surface area (Å²) in [7, 11) is -3.43. The summed E-state index contributed by atoms with van der Waals surface area (Å²) in [4.78, 5) is 3.85. The Morgan fingerprint density at radius 2 is 2.27 bits per heavy atom. The molecule has 1 aromatic rings. The van der Waals surface area contributed by atoms with E-state index < -0.39 is 10.0 Å². The van der Waals surface area contributed by atoms with E-state index in [9.17, 15) is 8.42 Å². The Balaban J connectivity index is 2.28. The third-order valence-corrected chi connectivity index (χ3v) is 4.21. The summed E-state index contributed by atoms with van der Waals surface area (Å²) < 4.78 is 25.4. The van der Waals surface area contributed by atoms with Crippen LogP contribution in [-0.2, 0) is 10.0 Å². The molecule has 1 aliphatic rings. The smallest absolute Gasteiger partial charge is 0.260 e. The Bertz CT molecular complexity index is 432. The van der Waals surface area contributed by atoms with Gasteiger partial charge in [0.05, 0.1) is 0 Å². The van der Waals surface area contributed by atoms with Crippen LogP contribution in [0.3, 0.4) is 0 Å². The number of pyridine rings is 1. The summed E-state index contributed by atoms with van der Waals surface area (Å²) in [6.07, 6.45) is 2.19. The van der Waals surface area contributed by atoms with Crippen LogP contribution in [0, 0.1) is 0 Å². The van der Waals surface area contributed by atoms with E-state index in [0.717, 1.165) is 0 Å². The van der Waals surface area contributed by atoms with E-state index >= 15 is 0 Å². The Hall–Kier alpha value is -0.980. The fourth-order valence-electron chi connectivity index (χ4n) is 1.60. The van der Waals surface area contributed by atoms with Crippen molar-refractivity contribution in [2.24, 2.45) is 5.73 Å². The average Bonchev–Trinajstić information content (AvgIpc) is 2.67. The Labute approximate surface area is 89.0 Å². The minimum atomic E-state index is -3.43. The van der Waals surface area contributed by atoms with E-state index in [1.54, 1.807) is 12.1 Å². The number of nitrogens with two attached hydrogens (primary N) is 1. The van der Waals surface area contributed by atoms with Gasteiger partial charge in [-0.2, -0.15) is 4.31 Å². The van der Waals surface area contributed by atoms with E-state index in [4.69, 9.17) is 5.73 Å². The summed E-state index contributed by atoms with van der Waals surface area (Å²) in [6.45, 7) is 0.874. The molecule has 2 N–H and O–H groups in total. The van der Waals surface area contributed by atoms with Crippen LogP contribution in [0.1, 0.15) is 6.42 Å². The summed E-state index contributed by atoms with van der Waals surface area (Å²) in [5, 5.41) is 0.0964. The number of aromatic nitrogens is 1. The lowest BCUT2D eigenvalue weighted by molar-refractivity contribution is 0.469. The normalized spacial score (nSPS) is 23.1. The zero-order chi connectivity index (χ0) is 10.9. The Morgan fingerprint density at radius 3 is 2.80 bits per heavy atom. The quantitative estimate of drug-likeness (QED) is 0.759. The Kier molecular flexibility index (Phi) is 2.72. The van der Waals surface area contributed by atoms with E-state index in [1.165, 1.54) is 16.6 Å². The molecule has 82 valence electrons. The molecule has 1 aromatic heterocycles. The first kappa shape index (κ1) is 10.5. The third-order valence-electron chi connectivity index (χ3n) is 2.43. The zero-order valence-electron chi connectivity index (χ0n) is 8.20. The van der Waals surface area contributed by atoms with E-state index in [1.807, 2.05) is 0 Å². The molecule has 5 nitrogen and oxygen atoms in total. The van der Waals surface area contributed by atoms with Gasteiger partial charge in [-0.25, -0.2) is 13.4 Å². The Morgan fingerprint density at radius 1 is 1.47 bits per heavy atom. The molecule has 0 saturated carbocycles. The van der Waals surface area contributed by atoms with E-state index in [0.29, 0.717) is 19.5 Å². The molecule has 6 heteroatoms. The van der Waals surface area contributed by atoms with Crippen molar-refractivity contribution in [2.75, 3.05) is 13.1 Å². The topological polar surface area (TPSA) is 76.3 Å². The van der Waals surface area contributed by atoms with Crippen molar-refractivity contribution in [3.8, 4) is 0 Å². The first-order chi connectivity index (χ1) is 7.10. The first-order valence-corrected chi connectivity index (χ1v) is 6.21. The van der Waals surface area contributed by atoms with Gasteiger partial charge in [0, 0.05) is 25.3 Å². The number of sulfonamides is 1. The minimum absolute atomic E-state index is 0.0523. The first-order valence-electron chi connectivity index (χ1n) is 4.77. The molecule has 0 spiro atoms. The molecular formula is C9H13N3O2S. The molecule has 0 amide bonds. The highest BCUT2D eigenvalue weighted by molar-refractivity contribution is 7.89. The highest BCUT2D eigenvalue weighted by Gasteiger charge is 2.31. The number of rotatable bonds is 2. The van der Waals surface area contributed by atoms with Crippen molar-refractivity contribution in [2.45, 2.75) is 17.5 Å². The lowest BCUT2D eigenvalue weighted by Gasteiger charge is -2.14. The second-order valence-electron chi connectivity index (χ2n) is 3.58. The lowest BCUT2D eigenvalue weighted by atomic mass is 10.3. The van der Waals surface area contributed by atoms with Gasteiger partial charge in [0.1, 0.15) is 0 Å². The van der Waals surface area contributed by atoms with Crippen molar-refractivity contribution >= 4 is 10.0 Å². The molecule has 1 aliphatic heterocycles. The zero-order valence-corrected chi connectivity index (χ0v) is 9.02. The maximum absolute atomic E-state index is 12.0. The summed E-state index contributed by atoms with van der Waals surface area (Å²) in [5.41, 5.74) is 5.67. The molecule has 0 radical (unpaired) electrons. The summed E-state index contributed by atoms with van der Waals surface area (Å²) >= 11 is 0. The van der Waals surface area contributed by atoms with Gasteiger partial charge in [-0.15, -0.1) is 0 Å². The van der Waals surface area contributed by atoms with Crippen LogP contribution in [0.15, 0.2) is 29.4 Å². The second kappa shape index (κ2) is 3.88. The number of hydrogen-bond acceptors (Lipinski definition) is 4. The maximum atomic E-state index is 12.0. The van der Waals surface area contributed by atoms with Gasteiger partial charge in [0.25, 0.3) is 10.0 Å². The molecule has 2 rings (SSSR count). The molecule has 1 atom stereocenters. The molecular weight excluding hydrogens is 214 g/mol. The van der Waals surface area contributed by atoms with Crippen LogP contribution in [-0.4, -0.2) is 36.8 Å². The molecule has 0 bridgehead atoms. The lowest BCUT2D eigenvalue weighted by Crippen LogP contribution is -2.32. The van der Waals surface area contributed by atoms with Crippen molar-refractivity contribution in [1.29, 1.82) is 0 Å². The van der Waals surface area contributed by atoms with Gasteiger partial charge < -0.3 is 5.73 Å². The van der Waals surface area contributed by atoms with Crippen LogP contribution in [0.4, 0.5) is 0 Å². The summed E-state index contributed by atoms with van der Waals surface area (Å²) in [6, 6.07) is 4.80. The molecule has 0 unspecified atom stereocenters. The number of hydrogen-bond donors (Lipinski definition) is 1. The molecule has 0 aromatic carbocycles. The highest BCUT2D eigenvalue weighted by atomic mass is 32.2. The minimum Gasteiger partial charge on any atom is -0.326 e. The summed E-state index contributed by atoms with van der Waals surface area (Å²) in [5.74, 6) is 0. The van der Waals surface area contributed by atoms with Gasteiger partial charge in [-0.05, 0) is 18.6 Å². The van der Waals surface area contributed by atoms with Crippen LogP contribution >= 0.6 is 0 Å². The third kappa shape index (κ3) is 2.01. The van der Waals surface area contributed by atoms with Gasteiger partial charge in [0.2, 0.25) is 0 Å². The number of nitrogens with zero attached hydrogens (tertiary/aromatic N) is 2. The molecule has 1 fully saturated rings. The van der Waals surface area contributed by atoms with Gasteiger partial charge in [0.15, 0.2) is 5.03 Å². The largest absolute Gasteiger partial charge is 0.326 e. The maximum Gasteiger partial charge on any atom is 0.260 e. The molecule has 0 aliphatic carbocycles. The van der Waals surface area contributed by atoms with Crippen LogP contribution < -0.4 is 5.73 Å². The fourth-order valence-corrected chi connectivity index (χ4v) is 3.05. The van der Waals surface area contributed by atoms with Crippen molar-refractivity contribution < 1.29 is 8.42 Å². The van der Waals surface area contributed by atoms with Crippen LogP contribution in [0.5, 0.6) is 0 Å². The predicted molar refractivity (Wildman–Crippen MR) is 55.6 cm³/mol. The van der Waals surface area contributed by atoms with E-state index in [2.05, 4.69) is 4.98 Å². The molecule has 15 heavy (non-hydrogen) atoms. The van der Waals surface area contributed by atoms with Crippen LogP contribution in [0.2, 0.25) is 0 Å². The fraction of sp³-hybridized carbons (Fsp3) is 0.444. The van der Waals surface area contributed by atoms with Gasteiger partial charge in [-0.3, -0.25) is 0 Å². The second-order valence-corrected chi connectivity index (χ2v) is 5.46. The van der Waals surface area contributed by atoms with Gasteiger partial charge >= 0.3 is 0 Å². The SMILES string of the molecule is N[C@H]1CCN(S(=O)(=O)c2ccccn2)C1. The average molecular weight is 227 g/mol. The monoisotopic (exact) mass is 227 g/mol. The van der Waals surface area contributed by atoms with Crippen molar-refractivity contribution in [3.63, 3.8) is 0 Å². The molecule has 1 saturated heterocycles. The van der Waals surface area contributed by atoms with Crippen LogP contribution in [0.25, 0.3) is 0 Å². The van der Waals surface area contributed by atoms with Crippen molar-refractivity contribution in [3.05, 3.63) is 24.4 Å². The van der Waals surface area contributed by atoms with Gasteiger partial charge in [-0.1, -0.05) is 6.07 Å². The predicted octanol–water partition coefficient (Wildman–Crippen LogP) is -0.197. The highest BCUT2D eigenvalue weighted by Crippen LogP contribution is 2.18. The standard InChI is InChI=1S/C9H13N3O2S/c10-8-4-6-12(7-8)15(13,14)9-3-1-2-5-11-9/h1-3,5,8H,4,6-7,10H2/t8-/m0/s1.